The van der Waals surface area contributed by atoms with Gasteiger partial charge in [-0.2, -0.15) is 17.6 Å². The molecule has 0 aliphatic carbocycles. The Morgan fingerprint density at radius 1 is 0.933 bits per heavy atom. The van der Waals surface area contributed by atoms with Gasteiger partial charge in [-0.05, 0) is 26.0 Å². The second kappa shape index (κ2) is 3.48. The van der Waals surface area contributed by atoms with E-state index in [9.17, 15) is 17.6 Å². The maximum absolute atomic E-state index is 13.0. The van der Waals surface area contributed by atoms with E-state index in [-0.39, 0.29) is 0 Å². The van der Waals surface area contributed by atoms with E-state index >= 15 is 0 Å². The molecule has 0 aliphatic rings. The van der Waals surface area contributed by atoms with Crippen LogP contribution in [0.25, 0.3) is 0 Å². The summed E-state index contributed by atoms with van der Waals surface area (Å²) in [7, 11) is 0. The maximum Gasteiger partial charge on any atom is 0.421 e. The Kier molecular flexibility index (Phi) is 2.78. The van der Waals surface area contributed by atoms with E-state index in [2.05, 4.69) is 0 Å². The number of halogens is 4. The smallest absolute Gasteiger partial charge is 0.331 e. The van der Waals surface area contributed by atoms with Crippen LogP contribution in [-0.2, 0) is 5.92 Å². The number of aryl methyl sites for hydroxylation is 2. The van der Waals surface area contributed by atoms with Gasteiger partial charge in [-0.25, -0.2) is 0 Å². The average Bonchev–Trinajstić information content (AvgIpc) is 1.99. The van der Waals surface area contributed by atoms with Crippen molar-refractivity contribution in [3.8, 4) is 0 Å². The topological polar surface area (TPSA) is 20.2 Å². The molecule has 0 aromatic heterocycles. The lowest BCUT2D eigenvalue weighted by Gasteiger charge is -2.22. The van der Waals surface area contributed by atoms with Gasteiger partial charge in [0.25, 0.3) is 0 Å². The molecule has 5 heteroatoms. The molecule has 84 valence electrons. The molecule has 1 nitrogen and oxygen atoms in total. The average molecular weight is 222 g/mol. The minimum Gasteiger partial charge on any atom is -0.331 e. The van der Waals surface area contributed by atoms with Crippen LogP contribution in [0.2, 0.25) is 0 Å². The number of rotatable bonds is 2. The fraction of sp³-hybridized carbons (Fsp3) is 0.400. The van der Waals surface area contributed by atoms with Crippen LogP contribution < -0.4 is 0 Å². The summed E-state index contributed by atoms with van der Waals surface area (Å²) in [5.41, 5.74) is -0.00431. The molecular formula is C10H10F4O. The third-order valence-corrected chi connectivity index (χ3v) is 1.96. The molecule has 1 aromatic rings. The molecule has 0 aliphatic heterocycles. The predicted molar refractivity (Wildman–Crippen MR) is 47.0 cm³/mol. The molecule has 0 atom stereocenters. The van der Waals surface area contributed by atoms with E-state index < -0.39 is 17.6 Å². The fourth-order valence-electron chi connectivity index (χ4n) is 1.33. The van der Waals surface area contributed by atoms with E-state index in [4.69, 9.17) is 5.11 Å². The lowest BCUT2D eigenvalue weighted by Crippen LogP contribution is -2.37. The van der Waals surface area contributed by atoms with Crippen LogP contribution in [0, 0.1) is 13.8 Å². The van der Waals surface area contributed by atoms with Gasteiger partial charge in [0.15, 0.2) is 0 Å². The molecular weight excluding hydrogens is 212 g/mol. The molecule has 0 spiro atoms. The van der Waals surface area contributed by atoms with Gasteiger partial charge < -0.3 is 5.11 Å². The molecule has 0 amide bonds. The number of benzene rings is 1. The van der Waals surface area contributed by atoms with Crippen molar-refractivity contribution in [1.82, 2.24) is 0 Å². The van der Waals surface area contributed by atoms with E-state index in [0.29, 0.717) is 11.1 Å². The zero-order chi connectivity index (χ0) is 11.9. The van der Waals surface area contributed by atoms with Crippen LogP contribution in [0.15, 0.2) is 18.2 Å². The monoisotopic (exact) mass is 222 g/mol. The van der Waals surface area contributed by atoms with Gasteiger partial charge >= 0.3 is 12.0 Å². The van der Waals surface area contributed by atoms with Crippen LogP contribution in [0.5, 0.6) is 0 Å². The van der Waals surface area contributed by atoms with Crippen LogP contribution in [0.4, 0.5) is 17.6 Å². The SMILES string of the molecule is Cc1cc(C)cc(C(F)(F)C(O)(F)F)c1. The highest BCUT2D eigenvalue weighted by atomic mass is 19.3. The maximum atomic E-state index is 13.0. The Hall–Kier alpha value is -1.10. The van der Waals surface area contributed by atoms with Crippen LogP contribution in [0.3, 0.4) is 0 Å². The Balaban J connectivity index is 3.27. The highest BCUT2D eigenvalue weighted by Gasteiger charge is 2.56. The zero-order valence-electron chi connectivity index (χ0n) is 8.19. The summed E-state index contributed by atoms with van der Waals surface area (Å²) in [4.78, 5) is 0. The van der Waals surface area contributed by atoms with Crippen LogP contribution in [-0.4, -0.2) is 11.2 Å². The Bertz CT molecular complexity index is 348. The number of alkyl halides is 4. The molecule has 0 radical (unpaired) electrons. The number of aliphatic hydroxyl groups is 1. The summed E-state index contributed by atoms with van der Waals surface area (Å²) in [6.45, 7) is 3.03. The largest absolute Gasteiger partial charge is 0.421 e. The molecule has 0 saturated heterocycles. The summed E-state index contributed by atoms with van der Waals surface area (Å²) in [6.07, 6.45) is -5.05. The van der Waals surface area contributed by atoms with Gasteiger partial charge in [-0.15, -0.1) is 0 Å². The van der Waals surface area contributed by atoms with E-state index in [1.807, 2.05) is 0 Å². The van der Waals surface area contributed by atoms with Crippen molar-refractivity contribution in [2.45, 2.75) is 25.9 Å². The number of hydrogen-bond acceptors (Lipinski definition) is 1. The van der Waals surface area contributed by atoms with Gasteiger partial charge in [-0.3, -0.25) is 0 Å². The van der Waals surface area contributed by atoms with Crippen molar-refractivity contribution in [3.63, 3.8) is 0 Å². The van der Waals surface area contributed by atoms with Gasteiger partial charge in [-0.1, -0.05) is 17.2 Å². The van der Waals surface area contributed by atoms with Gasteiger partial charge in [0.05, 0.1) is 0 Å². The quantitative estimate of drug-likeness (QED) is 0.762. The first-order chi connectivity index (χ1) is 6.64. The highest BCUT2D eigenvalue weighted by molar-refractivity contribution is 5.32. The van der Waals surface area contributed by atoms with E-state index in [1.165, 1.54) is 13.8 Å². The lowest BCUT2D eigenvalue weighted by atomic mass is 10.0. The first-order valence-electron chi connectivity index (χ1n) is 4.21. The summed E-state index contributed by atoms with van der Waals surface area (Å²) < 4.78 is 50.6. The Morgan fingerprint density at radius 2 is 1.33 bits per heavy atom. The minimum absolute atomic E-state index is 0.439. The summed E-state index contributed by atoms with van der Waals surface area (Å²) >= 11 is 0. The number of hydrogen-bond donors (Lipinski definition) is 1. The summed E-state index contributed by atoms with van der Waals surface area (Å²) in [5.74, 6) is -4.57. The molecule has 1 rings (SSSR count). The molecule has 0 unspecified atom stereocenters. The van der Waals surface area contributed by atoms with Gasteiger partial charge in [0.1, 0.15) is 0 Å². The van der Waals surface area contributed by atoms with Crippen molar-refractivity contribution in [1.29, 1.82) is 0 Å². The van der Waals surface area contributed by atoms with Crippen LogP contribution in [0.1, 0.15) is 16.7 Å². The third-order valence-electron chi connectivity index (χ3n) is 1.96. The first-order valence-corrected chi connectivity index (χ1v) is 4.21. The van der Waals surface area contributed by atoms with E-state index in [0.717, 1.165) is 12.1 Å². The molecule has 0 fully saturated rings. The van der Waals surface area contributed by atoms with Crippen LogP contribution >= 0.6 is 0 Å². The molecule has 0 saturated carbocycles. The van der Waals surface area contributed by atoms with Crippen molar-refractivity contribution in [2.24, 2.45) is 0 Å². The summed E-state index contributed by atoms with van der Waals surface area (Å²) in [6, 6.07) is 3.43. The van der Waals surface area contributed by atoms with Crippen molar-refractivity contribution in [2.75, 3.05) is 0 Å². The van der Waals surface area contributed by atoms with Gasteiger partial charge in [0, 0.05) is 5.56 Å². The molecule has 0 heterocycles. The molecule has 1 N–H and O–H groups in total. The van der Waals surface area contributed by atoms with Crippen molar-refractivity contribution < 1.29 is 22.7 Å². The van der Waals surface area contributed by atoms with Gasteiger partial charge in [0.2, 0.25) is 0 Å². The highest BCUT2D eigenvalue weighted by Crippen LogP contribution is 2.41. The minimum atomic E-state index is -5.05. The fourth-order valence-corrected chi connectivity index (χ4v) is 1.33. The summed E-state index contributed by atoms with van der Waals surface area (Å²) in [5, 5.41) is 8.10. The molecule has 1 aromatic carbocycles. The van der Waals surface area contributed by atoms with Crippen molar-refractivity contribution in [3.05, 3.63) is 34.9 Å². The second-order valence-corrected chi connectivity index (χ2v) is 3.49. The van der Waals surface area contributed by atoms with Crippen molar-refractivity contribution >= 4 is 0 Å². The predicted octanol–water partition coefficient (Wildman–Crippen LogP) is 2.98. The van der Waals surface area contributed by atoms with E-state index in [1.54, 1.807) is 6.07 Å². The standard InChI is InChI=1S/C10H10F4O/c1-6-3-7(2)5-8(4-6)9(11,12)10(13,14)15/h3-5,15H,1-2H3. The molecule has 15 heavy (non-hydrogen) atoms. The zero-order valence-corrected chi connectivity index (χ0v) is 8.19. The normalized spacial score (nSPS) is 13.0. The second-order valence-electron chi connectivity index (χ2n) is 3.49. The lowest BCUT2D eigenvalue weighted by molar-refractivity contribution is -0.332. The Morgan fingerprint density at radius 3 is 1.67 bits per heavy atom. The molecule has 0 bridgehead atoms. The third kappa shape index (κ3) is 2.28. The first kappa shape index (κ1) is 12.0. The Labute approximate surface area is 84.3 Å².